The minimum Gasteiger partial charge on any atom is -0.465 e. The Morgan fingerprint density at radius 3 is 2.43 bits per heavy atom. The van der Waals surface area contributed by atoms with Gasteiger partial charge in [0, 0.05) is 35.0 Å². The van der Waals surface area contributed by atoms with E-state index >= 15 is 0 Å². The molecular weight excluding hydrogens is 472 g/mol. The molecule has 0 aliphatic rings. The van der Waals surface area contributed by atoms with Crippen LogP contribution in [-0.2, 0) is 4.74 Å². The molecule has 2 heterocycles. The number of ether oxygens (including phenoxy) is 2. The van der Waals surface area contributed by atoms with Crippen LogP contribution in [0, 0.1) is 11.6 Å². The molecule has 9 heteroatoms. The van der Waals surface area contributed by atoms with Crippen molar-refractivity contribution >= 4 is 28.8 Å². The molecule has 0 unspecified atom stereocenters. The van der Waals surface area contributed by atoms with Gasteiger partial charge in [-0.05, 0) is 42.5 Å². The van der Waals surface area contributed by atoms with Gasteiger partial charge in [0.1, 0.15) is 17.4 Å². The van der Waals surface area contributed by atoms with E-state index in [4.69, 9.17) is 9.47 Å². The molecule has 0 amide bonds. The number of aromatic amines is 1. The maximum Gasteiger partial charge on any atom is 0.337 e. The van der Waals surface area contributed by atoms with Crippen molar-refractivity contribution in [3.8, 4) is 22.9 Å². The zero-order chi connectivity index (χ0) is 24.4. The summed E-state index contributed by atoms with van der Waals surface area (Å²) < 4.78 is 38.3. The number of carbonyl (C=O) groups excluding carboxylic acids is 1. The van der Waals surface area contributed by atoms with Crippen LogP contribution in [-0.4, -0.2) is 28.0 Å². The molecule has 0 bridgehead atoms. The highest BCUT2D eigenvalue weighted by molar-refractivity contribution is 7.99. The second-order valence-electron chi connectivity index (χ2n) is 7.43. The van der Waals surface area contributed by atoms with Crippen LogP contribution in [0.3, 0.4) is 0 Å². The lowest BCUT2D eigenvalue weighted by Gasteiger charge is -2.12. The van der Waals surface area contributed by atoms with Gasteiger partial charge in [-0.1, -0.05) is 23.9 Å². The molecule has 0 aliphatic heterocycles. The van der Waals surface area contributed by atoms with Crippen LogP contribution in [0.1, 0.15) is 10.4 Å². The second kappa shape index (κ2) is 9.55. The third-order valence-electron chi connectivity index (χ3n) is 5.12. The van der Waals surface area contributed by atoms with Crippen molar-refractivity contribution in [2.75, 3.05) is 7.11 Å². The number of aromatic nitrogens is 3. The minimum atomic E-state index is -0.805. The van der Waals surface area contributed by atoms with Crippen LogP contribution in [0.25, 0.3) is 22.4 Å². The van der Waals surface area contributed by atoms with Crippen LogP contribution < -0.4 is 4.74 Å². The summed E-state index contributed by atoms with van der Waals surface area (Å²) in [5.74, 6) is -1.05. The smallest absolute Gasteiger partial charge is 0.337 e. The third kappa shape index (κ3) is 4.85. The average Bonchev–Trinajstić information content (AvgIpc) is 3.29. The van der Waals surface area contributed by atoms with Gasteiger partial charge in [-0.15, -0.1) is 0 Å². The molecule has 35 heavy (non-hydrogen) atoms. The highest BCUT2D eigenvalue weighted by atomic mass is 32.2. The normalized spacial score (nSPS) is 10.9. The molecule has 0 atom stereocenters. The molecule has 0 radical (unpaired) electrons. The summed E-state index contributed by atoms with van der Waals surface area (Å²) in [5.41, 5.74) is 2.53. The van der Waals surface area contributed by atoms with Gasteiger partial charge in [-0.2, -0.15) is 0 Å². The first-order valence-corrected chi connectivity index (χ1v) is 11.2. The van der Waals surface area contributed by atoms with Crippen molar-refractivity contribution in [3.63, 3.8) is 0 Å². The maximum atomic E-state index is 14.3. The van der Waals surface area contributed by atoms with Gasteiger partial charge in [0.2, 0.25) is 0 Å². The van der Waals surface area contributed by atoms with E-state index in [1.807, 2.05) is 18.2 Å². The molecule has 174 valence electrons. The summed E-state index contributed by atoms with van der Waals surface area (Å²) >= 11 is 1.40. The number of rotatable bonds is 6. The van der Waals surface area contributed by atoms with Crippen molar-refractivity contribution in [1.82, 2.24) is 15.0 Å². The summed E-state index contributed by atoms with van der Waals surface area (Å²) in [4.78, 5) is 25.2. The lowest BCUT2D eigenvalue weighted by molar-refractivity contribution is 0.0600. The molecule has 5 aromatic rings. The van der Waals surface area contributed by atoms with E-state index in [-0.39, 0.29) is 5.75 Å². The van der Waals surface area contributed by atoms with Gasteiger partial charge in [-0.25, -0.2) is 18.6 Å². The lowest BCUT2D eigenvalue weighted by atomic mass is 10.1. The SMILES string of the molecule is COC(=O)c1ccc(-c2nc3cc(Sc4ccncc4)c(Oc4ccc(F)cc4F)cc3[nH]2)cc1. The minimum absolute atomic E-state index is 0.0968. The largest absolute Gasteiger partial charge is 0.465 e. The fraction of sp³-hybridized carbons (Fsp3) is 0.0385. The van der Waals surface area contributed by atoms with Gasteiger partial charge < -0.3 is 14.5 Å². The summed E-state index contributed by atoms with van der Waals surface area (Å²) in [6.45, 7) is 0. The molecule has 5 rings (SSSR count). The van der Waals surface area contributed by atoms with Gasteiger partial charge >= 0.3 is 5.97 Å². The fourth-order valence-corrected chi connectivity index (χ4v) is 4.29. The number of imidazole rings is 1. The van der Waals surface area contributed by atoms with Crippen LogP contribution in [0.15, 0.2) is 88.9 Å². The Kier molecular flexibility index (Phi) is 6.15. The van der Waals surface area contributed by atoms with E-state index in [1.54, 1.807) is 42.7 Å². The number of halogens is 2. The van der Waals surface area contributed by atoms with E-state index in [2.05, 4.69) is 15.0 Å². The Bertz CT molecular complexity index is 1520. The fourth-order valence-electron chi connectivity index (χ4n) is 3.41. The average molecular weight is 490 g/mol. The number of carbonyl (C=O) groups is 1. The molecule has 2 aromatic heterocycles. The van der Waals surface area contributed by atoms with Crippen molar-refractivity contribution in [2.45, 2.75) is 9.79 Å². The zero-order valence-electron chi connectivity index (χ0n) is 18.3. The first kappa shape index (κ1) is 22.5. The Hall–Kier alpha value is -4.24. The Balaban J connectivity index is 1.55. The molecule has 0 aliphatic carbocycles. The lowest BCUT2D eigenvalue weighted by Crippen LogP contribution is -2.00. The zero-order valence-corrected chi connectivity index (χ0v) is 19.1. The number of nitrogens with one attached hydrogen (secondary N) is 1. The first-order valence-electron chi connectivity index (χ1n) is 10.4. The van der Waals surface area contributed by atoms with E-state index in [1.165, 1.54) is 24.9 Å². The van der Waals surface area contributed by atoms with E-state index in [9.17, 15) is 13.6 Å². The molecular formula is C26H17F2N3O3S. The van der Waals surface area contributed by atoms with Crippen molar-refractivity contribution in [1.29, 1.82) is 0 Å². The van der Waals surface area contributed by atoms with Crippen molar-refractivity contribution in [2.24, 2.45) is 0 Å². The first-order chi connectivity index (χ1) is 17.0. The maximum absolute atomic E-state index is 14.3. The Morgan fingerprint density at radius 1 is 0.943 bits per heavy atom. The Labute approximate surface area is 203 Å². The molecule has 1 N–H and O–H groups in total. The highest BCUT2D eigenvalue weighted by Gasteiger charge is 2.16. The number of nitrogens with zero attached hydrogens (tertiary/aromatic N) is 2. The monoisotopic (exact) mass is 489 g/mol. The number of fused-ring (bicyclic) bond motifs is 1. The summed E-state index contributed by atoms with van der Waals surface area (Å²) in [5, 5.41) is 0. The van der Waals surface area contributed by atoms with E-state index < -0.39 is 17.6 Å². The van der Waals surface area contributed by atoms with Crippen molar-refractivity contribution < 1.29 is 23.0 Å². The van der Waals surface area contributed by atoms with Gasteiger partial charge in [0.15, 0.2) is 11.6 Å². The van der Waals surface area contributed by atoms with Crippen LogP contribution in [0.5, 0.6) is 11.5 Å². The van der Waals surface area contributed by atoms with Crippen LogP contribution in [0.4, 0.5) is 8.78 Å². The standard InChI is InChI=1S/C26H17F2N3O3S/c1-33-26(32)16-4-2-15(3-5-16)25-30-20-13-23(34-22-7-6-17(27)12-19(22)28)24(14-21(20)31-25)35-18-8-10-29-11-9-18/h2-14H,1H3,(H,30,31). The third-order valence-corrected chi connectivity index (χ3v) is 6.17. The quantitative estimate of drug-likeness (QED) is 0.270. The van der Waals surface area contributed by atoms with Gasteiger partial charge in [-0.3, -0.25) is 4.98 Å². The predicted molar refractivity (Wildman–Crippen MR) is 128 cm³/mol. The Morgan fingerprint density at radius 2 is 1.71 bits per heavy atom. The number of H-pyrrole nitrogens is 1. The molecule has 0 saturated carbocycles. The molecule has 0 fully saturated rings. The second-order valence-corrected chi connectivity index (χ2v) is 8.55. The molecule has 0 saturated heterocycles. The number of methoxy groups -OCH3 is 1. The van der Waals surface area contributed by atoms with E-state index in [0.717, 1.165) is 22.6 Å². The van der Waals surface area contributed by atoms with Crippen LogP contribution >= 0.6 is 11.8 Å². The molecule has 6 nitrogen and oxygen atoms in total. The summed E-state index contributed by atoms with van der Waals surface area (Å²) in [6.07, 6.45) is 3.34. The number of hydrogen-bond acceptors (Lipinski definition) is 6. The number of hydrogen-bond donors (Lipinski definition) is 1. The summed E-state index contributed by atoms with van der Waals surface area (Å²) in [6, 6.07) is 17.2. The van der Waals surface area contributed by atoms with Crippen molar-refractivity contribution in [3.05, 3.63) is 96.3 Å². The number of benzene rings is 3. The number of esters is 1. The topological polar surface area (TPSA) is 77.1 Å². The highest BCUT2D eigenvalue weighted by Crippen LogP contribution is 2.40. The molecule has 3 aromatic carbocycles. The molecule has 0 spiro atoms. The predicted octanol–water partition coefficient (Wildman–Crippen LogP) is 6.63. The summed E-state index contributed by atoms with van der Waals surface area (Å²) in [7, 11) is 1.33. The van der Waals surface area contributed by atoms with Gasteiger partial charge in [0.05, 0.1) is 28.6 Å². The number of pyridine rings is 1. The van der Waals surface area contributed by atoms with E-state index in [0.29, 0.717) is 33.1 Å². The van der Waals surface area contributed by atoms with Gasteiger partial charge in [0.25, 0.3) is 0 Å². The van der Waals surface area contributed by atoms with Crippen LogP contribution in [0.2, 0.25) is 0 Å².